The Bertz CT molecular complexity index is 1400. The Morgan fingerprint density at radius 2 is 1.22 bits per heavy atom. The van der Waals surface area contributed by atoms with E-state index in [1.165, 1.54) is 5.39 Å². The van der Waals surface area contributed by atoms with Crippen LogP contribution in [0.1, 0.15) is 0 Å². The first-order chi connectivity index (χ1) is 15.8. The van der Waals surface area contributed by atoms with Crippen LogP contribution in [0.2, 0.25) is 0 Å². The van der Waals surface area contributed by atoms with Crippen LogP contribution < -0.4 is 0 Å². The molecule has 0 unspecified atom stereocenters. The summed E-state index contributed by atoms with van der Waals surface area (Å²) in [5.74, 6) is 1.72. The summed E-state index contributed by atoms with van der Waals surface area (Å²) in [7, 11) is 0. The van der Waals surface area contributed by atoms with Gasteiger partial charge in [-0.2, -0.15) is 0 Å². The fraction of sp³-hybridized carbons (Fsp3) is 0. The average molecular weight is 412 g/mol. The zero-order valence-electron chi connectivity index (χ0n) is 17.3. The van der Waals surface area contributed by atoms with Gasteiger partial charge in [0.2, 0.25) is 0 Å². The number of H-pyrrole nitrogens is 2. The number of nitrogens with one attached hydrogen (secondary N) is 2. The summed E-state index contributed by atoms with van der Waals surface area (Å²) in [6, 6.07) is 33.3. The maximum atomic E-state index is 4.80. The summed E-state index contributed by atoms with van der Waals surface area (Å²) < 4.78 is 0. The number of fused-ring (bicyclic) bond motifs is 1. The van der Waals surface area contributed by atoms with Gasteiger partial charge in [0.15, 0.2) is 0 Å². The molecule has 6 rings (SSSR count). The first-order valence-corrected chi connectivity index (χ1v) is 10.6. The molecule has 4 heteroatoms. The van der Waals surface area contributed by atoms with Gasteiger partial charge in [-0.25, -0.2) is 9.97 Å². The van der Waals surface area contributed by atoms with Crippen LogP contribution in [-0.4, -0.2) is 19.9 Å². The van der Waals surface area contributed by atoms with Gasteiger partial charge in [-0.3, -0.25) is 0 Å². The van der Waals surface area contributed by atoms with E-state index in [0.29, 0.717) is 0 Å². The van der Waals surface area contributed by atoms with E-state index in [4.69, 9.17) is 4.98 Å². The van der Waals surface area contributed by atoms with Crippen molar-refractivity contribution < 1.29 is 0 Å². The molecule has 0 aliphatic carbocycles. The number of hydrogen-bond donors (Lipinski definition) is 2. The maximum absolute atomic E-state index is 4.80. The molecular weight excluding hydrogens is 392 g/mol. The highest BCUT2D eigenvalue weighted by molar-refractivity contribution is 5.90. The normalized spacial score (nSPS) is 11.1. The van der Waals surface area contributed by atoms with Gasteiger partial charge in [0, 0.05) is 22.9 Å². The maximum Gasteiger partial charge on any atom is 0.138 e. The monoisotopic (exact) mass is 412 g/mol. The zero-order valence-corrected chi connectivity index (χ0v) is 17.3. The predicted molar refractivity (Wildman–Crippen MR) is 130 cm³/mol. The highest BCUT2D eigenvalue weighted by Gasteiger charge is 2.09. The standard InChI is InChI=1S/C28H20N4/c1-3-7-20(8-4-1)25-17-29-27(31-25)22-13-11-19-12-14-23(16-24(19)15-22)28-30-18-26(32-28)21-9-5-2-6-10-21/h1-18H,(H,29,31)(H,30,32). The third-order valence-corrected chi connectivity index (χ3v) is 5.70. The summed E-state index contributed by atoms with van der Waals surface area (Å²) >= 11 is 0. The van der Waals surface area contributed by atoms with E-state index in [9.17, 15) is 0 Å². The molecule has 0 atom stereocenters. The third kappa shape index (κ3) is 3.38. The molecule has 2 aromatic heterocycles. The van der Waals surface area contributed by atoms with Crippen molar-refractivity contribution in [3.63, 3.8) is 0 Å². The number of hydrogen-bond acceptors (Lipinski definition) is 2. The van der Waals surface area contributed by atoms with Gasteiger partial charge in [-0.1, -0.05) is 84.9 Å². The molecule has 6 aromatic rings. The summed E-state index contributed by atoms with van der Waals surface area (Å²) in [6.45, 7) is 0. The van der Waals surface area contributed by atoms with Gasteiger partial charge >= 0.3 is 0 Å². The van der Waals surface area contributed by atoms with Gasteiger partial charge < -0.3 is 9.97 Å². The fourth-order valence-corrected chi connectivity index (χ4v) is 4.00. The minimum atomic E-state index is 0.862. The van der Waals surface area contributed by atoms with E-state index in [-0.39, 0.29) is 0 Å². The number of benzene rings is 4. The lowest BCUT2D eigenvalue weighted by Gasteiger charge is -2.04. The van der Waals surface area contributed by atoms with Crippen molar-refractivity contribution >= 4 is 10.8 Å². The van der Waals surface area contributed by atoms with Crippen molar-refractivity contribution in [1.29, 1.82) is 0 Å². The lowest BCUT2D eigenvalue weighted by Crippen LogP contribution is -1.85. The number of aromatic nitrogens is 4. The molecule has 0 fully saturated rings. The van der Waals surface area contributed by atoms with Crippen molar-refractivity contribution in [2.24, 2.45) is 0 Å². The minimum absolute atomic E-state index is 0.862. The third-order valence-electron chi connectivity index (χ3n) is 5.70. The van der Waals surface area contributed by atoms with Crippen molar-refractivity contribution in [2.75, 3.05) is 0 Å². The molecule has 0 radical (unpaired) electrons. The molecule has 2 heterocycles. The van der Waals surface area contributed by atoms with Gasteiger partial charge in [-0.15, -0.1) is 0 Å². The van der Waals surface area contributed by atoms with Crippen LogP contribution in [0.4, 0.5) is 0 Å². The lowest BCUT2D eigenvalue weighted by molar-refractivity contribution is 1.31. The molecule has 0 saturated heterocycles. The molecule has 4 nitrogen and oxygen atoms in total. The van der Waals surface area contributed by atoms with Gasteiger partial charge in [0.25, 0.3) is 0 Å². The molecule has 2 N–H and O–H groups in total. The zero-order chi connectivity index (χ0) is 21.3. The summed E-state index contributed by atoms with van der Waals surface area (Å²) in [6.07, 6.45) is 3.85. The molecule has 152 valence electrons. The second-order valence-electron chi connectivity index (χ2n) is 7.79. The van der Waals surface area contributed by atoms with E-state index in [0.717, 1.165) is 50.7 Å². The second kappa shape index (κ2) is 7.67. The van der Waals surface area contributed by atoms with Crippen LogP contribution >= 0.6 is 0 Å². The predicted octanol–water partition coefficient (Wildman–Crippen LogP) is 6.95. The van der Waals surface area contributed by atoms with Gasteiger partial charge in [0.05, 0.1) is 17.6 Å². The molecule has 0 bridgehead atoms. The number of rotatable bonds is 4. The van der Waals surface area contributed by atoms with Gasteiger partial charge in [0.1, 0.15) is 11.6 Å². The molecule has 32 heavy (non-hydrogen) atoms. The van der Waals surface area contributed by atoms with E-state index in [2.05, 4.69) is 75.6 Å². The molecule has 0 aliphatic heterocycles. The molecule has 0 aliphatic rings. The van der Waals surface area contributed by atoms with Crippen LogP contribution in [0.3, 0.4) is 0 Å². The van der Waals surface area contributed by atoms with Crippen LogP contribution in [0.5, 0.6) is 0 Å². The molecule has 0 amide bonds. The second-order valence-corrected chi connectivity index (χ2v) is 7.79. The van der Waals surface area contributed by atoms with Crippen molar-refractivity contribution in [2.45, 2.75) is 0 Å². The van der Waals surface area contributed by atoms with E-state index < -0.39 is 0 Å². The smallest absolute Gasteiger partial charge is 0.138 e. The Balaban J connectivity index is 1.35. The van der Waals surface area contributed by atoms with E-state index >= 15 is 0 Å². The molecule has 0 saturated carbocycles. The first kappa shape index (κ1) is 18.3. The van der Waals surface area contributed by atoms with Crippen LogP contribution in [0, 0.1) is 0 Å². The van der Waals surface area contributed by atoms with Crippen molar-refractivity contribution in [3.8, 4) is 45.3 Å². The number of aromatic amines is 2. The SMILES string of the molecule is c1ccc(-c2c[nH]c(-c3ccc4ccc(-c5ncc(-c6ccccc6)[nH]5)cc4c3)n2)cc1. The van der Waals surface area contributed by atoms with Crippen LogP contribution in [0.25, 0.3) is 56.1 Å². The first-order valence-electron chi connectivity index (χ1n) is 10.6. The van der Waals surface area contributed by atoms with Gasteiger partial charge in [-0.05, 0) is 28.5 Å². The van der Waals surface area contributed by atoms with Crippen LogP contribution in [0.15, 0.2) is 109 Å². The topological polar surface area (TPSA) is 57.4 Å². The Hall–Kier alpha value is -4.44. The molecular formula is C28H20N4. The quantitative estimate of drug-likeness (QED) is 0.329. The van der Waals surface area contributed by atoms with Crippen LogP contribution in [-0.2, 0) is 0 Å². The largest absolute Gasteiger partial charge is 0.344 e. The van der Waals surface area contributed by atoms with E-state index in [1.807, 2.05) is 48.8 Å². The number of imidazole rings is 2. The minimum Gasteiger partial charge on any atom is -0.344 e. The summed E-state index contributed by atoms with van der Waals surface area (Å²) in [5.41, 5.74) is 6.30. The Kier molecular flexibility index (Phi) is 4.40. The fourth-order valence-electron chi connectivity index (χ4n) is 4.00. The average Bonchev–Trinajstić information content (AvgIpc) is 3.55. The highest BCUT2D eigenvalue weighted by atomic mass is 14.9. The van der Waals surface area contributed by atoms with Crippen molar-refractivity contribution in [3.05, 3.63) is 109 Å². The number of nitrogens with zero attached hydrogens (tertiary/aromatic N) is 2. The van der Waals surface area contributed by atoms with Crippen molar-refractivity contribution in [1.82, 2.24) is 19.9 Å². The summed E-state index contributed by atoms with van der Waals surface area (Å²) in [5, 5.41) is 2.33. The lowest BCUT2D eigenvalue weighted by atomic mass is 10.0. The summed E-state index contributed by atoms with van der Waals surface area (Å²) in [4.78, 5) is 16.2. The Morgan fingerprint density at radius 1 is 0.562 bits per heavy atom. The highest BCUT2D eigenvalue weighted by Crippen LogP contribution is 2.29. The Morgan fingerprint density at radius 3 is 1.94 bits per heavy atom. The van der Waals surface area contributed by atoms with E-state index in [1.54, 1.807) is 0 Å². The molecule has 4 aromatic carbocycles. The molecule has 0 spiro atoms. The Labute approximate surface area is 185 Å².